The third kappa shape index (κ3) is 2.12. The first kappa shape index (κ1) is 9.64. The van der Waals surface area contributed by atoms with Crippen LogP contribution in [-0.2, 0) is 0 Å². The molecule has 6 heteroatoms. The van der Waals surface area contributed by atoms with Crippen LogP contribution in [0, 0.1) is 0 Å². The molecule has 3 N–H and O–H groups in total. The van der Waals surface area contributed by atoms with Crippen molar-refractivity contribution in [3.05, 3.63) is 17.3 Å². The van der Waals surface area contributed by atoms with Gasteiger partial charge in [0, 0.05) is 19.6 Å². The molecule has 14 heavy (non-hydrogen) atoms. The highest BCUT2D eigenvalue weighted by Crippen LogP contribution is 2.12. The van der Waals surface area contributed by atoms with E-state index in [1.54, 1.807) is 12.1 Å². The van der Waals surface area contributed by atoms with E-state index in [9.17, 15) is 5.11 Å². The molecule has 0 saturated carbocycles. The zero-order valence-electron chi connectivity index (χ0n) is 7.50. The normalized spacial score (nSPS) is 18.7. The lowest BCUT2D eigenvalue weighted by molar-refractivity contribution is 0.00305. The molecule has 1 fully saturated rings. The Morgan fingerprint density at radius 3 is 2.79 bits per heavy atom. The SMILES string of the molecule is OC1(CNc2ccc(Cl)nn2)CNC1. The fourth-order valence-electron chi connectivity index (χ4n) is 1.20. The smallest absolute Gasteiger partial charge is 0.151 e. The van der Waals surface area contributed by atoms with Crippen LogP contribution in [0.15, 0.2) is 12.1 Å². The van der Waals surface area contributed by atoms with Crippen molar-refractivity contribution in [1.82, 2.24) is 15.5 Å². The van der Waals surface area contributed by atoms with Crippen LogP contribution in [0.1, 0.15) is 0 Å². The maximum Gasteiger partial charge on any atom is 0.151 e. The van der Waals surface area contributed by atoms with Crippen LogP contribution in [0.25, 0.3) is 0 Å². The van der Waals surface area contributed by atoms with E-state index in [0.717, 1.165) is 0 Å². The van der Waals surface area contributed by atoms with Crippen molar-refractivity contribution in [2.24, 2.45) is 0 Å². The van der Waals surface area contributed by atoms with E-state index in [-0.39, 0.29) is 0 Å². The van der Waals surface area contributed by atoms with Crippen molar-refractivity contribution < 1.29 is 5.11 Å². The van der Waals surface area contributed by atoms with Crippen molar-refractivity contribution in [3.8, 4) is 0 Å². The zero-order chi connectivity index (χ0) is 10.0. The Labute approximate surface area is 86.5 Å². The van der Waals surface area contributed by atoms with E-state index in [1.165, 1.54) is 0 Å². The topological polar surface area (TPSA) is 70.1 Å². The minimum Gasteiger partial charge on any atom is -0.385 e. The molecule has 0 unspecified atom stereocenters. The monoisotopic (exact) mass is 214 g/mol. The highest BCUT2D eigenvalue weighted by Gasteiger charge is 2.33. The van der Waals surface area contributed by atoms with Gasteiger partial charge in [-0.15, -0.1) is 10.2 Å². The third-order valence-electron chi connectivity index (χ3n) is 2.14. The van der Waals surface area contributed by atoms with Crippen LogP contribution >= 0.6 is 11.6 Å². The predicted octanol–water partition coefficient (Wildman–Crippen LogP) is -0.124. The van der Waals surface area contributed by atoms with Crippen molar-refractivity contribution in [2.45, 2.75) is 5.60 Å². The standard InChI is InChI=1S/C8H11ClN4O/c9-6-1-2-7(13-12-6)11-5-8(14)3-10-4-8/h1-2,10,14H,3-5H2,(H,11,13). The van der Waals surface area contributed by atoms with Gasteiger partial charge in [-0.2, -0.15) is 0 Å². The van der Waals surface area contributed by atoms with Gasteiger partial charge in [0.2, 0.25) is 0 Å². The Balaban J connectivity index is 1.88. The lowest BCUT2D eigenvalue weighted by atomic mass is 9.97. The molecule has 1 saturated heterocycles. The second-order valence-corrected chi connectivity index (χ2v) is 3.81. The maximum absolute atomic E-state index is 9.73. The van der Waals surface area contributed by atoms with Gasteiger partial charge in [-0.25, -0.2) is 0 Å². The van der Waals surface area contributed by atoms with Gasteiger partial charge in [-0.05, 0) is 12.1 Å². The summed E-state index contributed by atoms with van der Waals surface area (Å²) in [7, 11) is 0. The second kappa shape index (κ2) is 3.68. The minimum absolute atomic E-state index is 0.361. The molecule has 1 aromatic rings. The van der Waals surface area contributed by atoms with Crippen LogP contribution in [0.5, 0.6) is 0 Å². The molecule has 0 spiro atoms. The summed E-state index contributed by atoms with van der Waals surface area (Å²) >= 11 is 5.58. The highest BCUT2D eigenvalue weighted by atomic mass is 35.5. The average molecular weight is 215 g/mol. The largest absolute Gasteiger partial charge is 0.385 e. The van der Waals surface area contributed by atoms with E-state index in [0.29, 0.717) is 30.6 Å². The molecular formula is C8H11ClN4O. The van der Waals surface area contributed by atoms with Crippen LogP contribution in [0.4, 0.5) is 5.82 Å². The number of β-amino-alcohol motifs (C(OH)–C–C–N with tert-alkyl or cyclic N) is 1. The quantitative estimate of drug-likeness (QED) is 0.654. The van der Waals surface area contributed by atoms with Crippen molar-refractivity contribution in [3.63, 3.8) is 0 Å². The van der Waals surface area contributed by atoms with E-state index in [1.807, 2.05) is 0 Å². The molecule has 76 valence electrons. The van der Waals surface area contributed by atoms with Gasteiger partial charge in [0.15, 0.2) is 5.15 Å². The van der Waals surface area contributed by atoms with Crippen LogP contribution in [0.2, 0.25) is 5.15 Å². The molecule has 1 aliphatic heterocycles. The molecule has 0 atom stereocenters. The molecule has 0 aromatic carbocycles. The van der Waals surface area contributed by atoms with E-state index < -0.39 is 5.60 Å². The van der Waals surface area contributed by atoms with E-state index >= 15 is 0 Å². The third-order valence-corrected chi connectivity index (χ3v) is 2.34. The number of aromatic nitrogens is 2. The second-order valence-electron chi connectivity index (χ2n) is 3.42. The Morgan fingerprint density at radius 2 is 2.29 bits per heavy atom. The van der Waals surface area contributed by atoms with Gasteiger partial charge in [0.25, 0.3) is 0 Å². The first-order chi connectivity index (χ1) is 6.68. The summed E-state index contributed by atoms with van der Waals surface area (Å²) in [6.45, 7) is 1.69. The Hall–Kier alpha value is -0.910. The average Bonchev–Trinajstić information content (AvgIpc) is 2.14. The summed E-state index contributed by atoms with van der Waals surface area (Å²) in [6, 6.07) is 3.38. The van der Waals surface area contributed by atoms with Gasteiger partial charge in [0.1, 0.15) is 11.4 Å². The fraction of sp³-hybridized carbons (Fsp3) is 0.500. The maximum atomic E-state index is 9.73. The lowest BCUT2D eigenvalue weighted by Crippen LogP contribution is -2.63. The summed E-state index contributed by atoms with van der Waals surface area (Å²) < 4.78 is 0. The van der Waals surface area contributed by atoms with Crippen LogP contribution in [0.3, 0.4) is 0 Å². The fourth-order valence-corrected chi connectivity index (χ4v) is 1.30. The van der Waals surface area contributed by atoms with E-state index in [4.69, 9.17) is 11.6 Å². The van der Waals surface area contributed by atoms with Crippen LogP contribution < -0.4 is 10.6 Å². The molecule has 0 amide bonds. The zero-order valence-corrected chi connectivity index (χ0v) is 8.25. The molecular weight excluding hydrogens is 204 g/mol. The summed E-state index contributed by atoms with van der Waals surface area (Å²) in [5.41, 5.74) is -0.651. The van der Waals surface area contributed by atoms with Crippen molar-refractivity contribution >= 4 is 17.4 Å². The molecule has 2 rings (SSSR count). The number of hydrogen-bond acceptors (Lipinski definition) is 5. The molecule has 2 heterocycles. The van der Waals surface area contributed by atoms with Crippen molar-refractivity contribution in [2.75, 3.05) is 25.0 Å². The summed E-state index contributed by atoms with van der Waals surface area (Å²) in [6.07, 6.45) is 0. The van der Waals surface area contributed by atoms with Gasteiger partial charge in [-0.3, -0.25) is 0 Å². The lowest BCUT2D eigenvalue weighted by Gasteiger charge is -2.37. The van der Waals surface area contributed by atoms with Crippen molar-refractivity contribution in [1.29, 1.82) is 0 Å². The number of aliphatic hydroxyl groups is 1. The van der Waals surface area contributed by atoms with Gasteiger partial charge < -0.3 is 15.7 Å². The number of rotatable bonds is 3. The molecule has 0 aliphatic carbocycles. The Morgan fingerprint density at radius 1 is 1.50 bits per heavy atom. The summed E-state index contributed by atoms with van der Waals surface area (Å²) in [4.78, 5) is 0. The first-order valence-corrected chi connectivity index (χ1v) is 4.72. The number of nitrogens with one attached hydrogen (secondary N) is 2. The molecule has 5 nitrogen and oxygen atoms in total. The Kier molecular flexibility index (Phi) is 2.54. The molecule has 0 bridgehead atoms. The predicted molar refractivity (Wildman–Crippen MR) is 53.4 cm³/mol. The van der Waals surface area contributed by atoms with Gasteiger partial charge >= 0.3 is 0 Å². The number of hydrogen-bond donors (Lipinski definition) is 3. The molecule has 0 radical (unpaired) electrons. The molecule has 1 aliphatic rings. The Bertz CT molecular complexity index is 312. The first-order valence-electron chi connectivity index (χ1n) is 4.34. The van der Waals surface area contributed by atoms with Gasteiger partial charge in [-0.1, -0.05) is 11.6 Å². The summed E-state index contributed by atoms with van der Waals surface area (Å²) in [5.74, 6) is 0.620. The van der Waals surface area contributed by atoms with Gasteiger partial charge in [0.05, 0.1) is 0 Å². The van der Waals surface area contributed by atoms with Crippen LogP contribution in [-0.4, -0.2) is 40.5 Å². The highest BCUT2D eigenvalue weighted by molar-refractivity contribution is 6.29. The number of anilines is 1. The number of halogens is 1. The van der Waals surface area contributed by atoms with E-state index in [2.05, 4.69) is 20.8 Å². The number of nitrogens with zero attached hydrogens (tertiary/aromatic N) is 2. The molecule has 1 aromatic heterocycles. The summed E-state index contributed by atoms with van der Waals surface area (Å²) in [5, 5.41) is 23.6. The minimum atomic E-state index is -0.651.